The molecule has 1 aromatic carbocycles. The minimum absolute atomic E-state index is 0.0172. The van der Waals surface area contributed by atoms with Crippen LogP contribution in [0.1, 0.15) is 28.8 Å². The zero-order valence-corrected chi connectivity index (χ0v) is 16.0. The van der Waals surface area contributed by atoms with E-state index < -0.39 is 5.67 Å². The summed E-state index contributed by atoms with van der Waals surface area (Å²) in [5, 5.41) is 7.57. The lowest BCUT2D eigenvalue weighted by Gasteiger charge is -2.36. The van der Waals surface area contributed by atoms with Crippen LogP contribution in [-0.4, -0.2) is 45.9 Å². The molecular formula is C18H21Cl2FN4O. The highest BCUT2D eigenvalue weighted by Gasteiger charge is 2.35. The van der Waals surface area contributed by atoms with Gasteiger partial charge in [0.25, 0.3) is 5.91 Å². The molecule has 2 aromatic rings. The standard InChI is InChI=1S/C18H21Cl2FN4O/c1-24-10-13(9-23-24)11-25-4-2-18(21,3-5-25)12-22-17(26)14-6-15(19)8-16(20)7-14/h6-10H,2-5,11-12H2,1H3,(H,22,26). The van der Waals surface area contributed by atoms with Gasteiger partial charge in [-0.1, -0.05) is 23.2 Å². The molecule has 1 saturated heterocycles. The number of rotatable bonds is 5. The first-order valence-electron chi connectivity index (χ1n) is 8.46. The van der Waals surface area contributed by atoms with Gasteiger partial charge in [0.15, 0.2) is 0 Å². The number of carbonyl (C=O) groups is 1. The van der Waals surface area contributed by atoms with E-state index in [2.05, 4.69) is 15.3 Å². The predicted molar refractivity (Wildman–Crippen MR) is 100 cm³/mol. The smallest absolute Gasteiger partial charge is 0.251 e. The average Bonchev–Trinajstić information content (AvgIpc) is 2.99. The number of carbonyl (C=O) groups excluding carboxylic acids is 1. The summed E-state index contributed by atoms with van der Waals surface area (Å²) in [4.78, 5) is 14.4. The molecule has 1 aromatic heterocycles. The molecule has 0 atom stereocenters. The molecule has 8 heteroatoms. The molecule has 1 fully saturated rings. The number of amides is 1. The second kappa shape index (κ2) is 7.94. The lowest BCUT2D eigenvalue weighted by atomic mass is 9.93. The van der Waals surface area contributed by atoms with Crippen LogP contribution in [0.3, 0.4) is 0 Å². The van der Waals surface area contributed by atoms with E-state index in [1.807, 2.05) is 19.4 Å². The Balaban J connectivity index is 1.50. The molecule has 2 heterocycles. The number of nitrogens with zero attached hydrogens (tertiary/aromatic N) is 3. The molecule has 140 valence electrons. The van der Waals surface area contributed by atoms with Gasteiger partial charge in [0.2, 0.25) is 0 Å². The van der Waals surface area contributed by atoms with Crippen molar-refractivity contribution in [2.75, 3.05) is 19.6 Å². The van der Waals surface area contributed by atoms with Crippen molar-refractivity contribution in [3.05, 3.63) is 51.8 Å². The van der Waals surface area contributed by atoms with E-state index in [4.69, 9.17) is 23.2 Å². The van der Waals surface area contributed by atoms with Crippen LogP contribution in [0.5, 0.6) is 0 Å². The third kappa shape index (κ3) is 4.96. The molecule has 0 bridgehead atoms. The van der Waals surface area contributed by atoms with Gasteiger partial charge in [-0.3, -0.25) is 14.4 Å². The highest BCUT2D eigenvalue weighted by atomic mass is 35.5. The third-order valence-electron chi connectivity index (χ3n) is 4.61. The lowest BCUT2D eigenvalue weighted by molar-refractivity contribution is 0.0517. The third-order valence-corrected chi connectivity index (χ3v) is 5.04. The van der Waals surface area contributed by atoms with Crippen LogP contribution in [0.4, 0.5) is 4.39 Å². The summed E-state index contributed by atoms with van der Waals surface area (Å²) in [5.74, 6) is -0.371. The molecule has 0 radical (unpaired) electrons. The number of aromatic nitrogens is 2. The Bertz CT molecular complexity index is 767. The molecule has 1 N–H and O–H groups in total. The van der Waals surface area contributed by atoms with Crippen molar-refractivity contribution in [3.8, 4) is 0 Å². The monoisotopic (exact) mass is 398 g/mol. The Labute approximate surface area is 162 Å². The maximum absolute atomic E-state index is 15.0. The number of aryl methyl sites for hydroxylation is 1. The van der Waals surface area contributed by atoms with E-state index in [1.165, 1.54) is 12.1 Å². The van der Waals surface area contributed by atoms with E-state index in [-0.39, 0.29) is 12.5 Å². The van der Waals surface area contributed by atoms with Gasteiger partial charge in [-0.2, -0.15) is 5.10 Å². The largest absolute Gasteiger partial charge is 0.349 e. The summed E-state index contributed by atoms with van der Waals surface area (Å²) in [7, 11) is 1.88. The Morgan fingerprint density at radius 1 is 1.27 bits per heavy atom. The summed E-state index contributed by atoms with van der Waals surface area (Å²) >= 11 is 11.8. The number of alkyl halides is 1. The van der Waals surface area contributed by atoms with Crippen LogP contribution in [0, 0.1) is 0 Å². The van der Waals surface area contributed by atoms with Gasteiger partial charge in [0, 0.05) is 54.1 Å². The molecular weight excluding hydrogens is 378 g/mol. The van der Waals surface area contributed by atoms with Crippen LogP contribution in [0.2, 0.25) is 10.0 Å². The van der Waals surface area contributed by atoms with E-state index in [0.717, 1.165) is 12.1 Å². The normalized spacial score (nSPS) is 17.2. The quantitative estimate of drug-likeness (QED) is 0.838. The van der Waals surface area contributed by atoms with Gasteiger partial charge < -0.3 is 5.32 Å². The Hall–Kier alpha value is -1.63. The van der Waals surface area contributed by atoms with Crippen LogP contribution in [0.25, 0.3) is 0 Å². The van der Waals surface area contributed by atoms with Crippen molar-refractivity contribution < 1.29 is 9.18 Å². The van der Waals surface area contributed by atoms with Gasteiger partial charge in [0.05, 0.1) is 12.7 Å². The summed E-state index contributed by atoms with van der Waals surface area (Å²) < 4.78 is 16.8. The van der Waals surface area contributed by atoms with E-state index in [9.17, 15) is 4.79 Å². The van der Waals surface area contributed by atoms with E-state index in [1.54, 1.807) is 10.7 Å². The van der Waals surface area contributed by atoms with Crippen molar-refractivity contribution in [1.82, 2.24) is 20.0 Å². The molecule has 0 aliphatic carbocycles. The van der Waals surface area contributed by atoms with Crippen molar-refractivity contribution in [2.45, 2.75) is 25.1 Å². The van der Waals surface area contributed by atoms with Gasteiger partial charge >= 0.3 is 0 Å². The first-order chi connectivity index (χ1) is 12.3. The fourth-order valence-corrected chi connectivity index (χ4v) is 3.65. The zero-order valence-electron chi connectivity index (χ0n) is 14.5. The number of benzene rings is 1. The van der Waals surface area contributed by atoms with Gasteiger partial charge in [-0.05, 0) is 31.0 Å². The fraction of sp³-hybridized carbons (Fsp3) is 0.444. The number of nitrogens with one attached hydrogen (secondary N) is 1. The van der Waals surface area contributed by atoms with Crippen molar-refractivity contribution in [2.24, 2.45) is 7.05 Å². The molecule has 0 spiro atoms. The van der Waals surface area contributed by atoms with Crippen molar-refractivity contribution >= 4 is 29.1 Å². The number of hydrogen-bond acceptors (Lipinski definition) is 3. The van der Waals surface area contributed by atoms with Crippen LogP contribution < -0.4 is 5.32 Å². The Morgan fingerprint density at radius 3 is 2.50 bits per heavy atom. The minimum atomic E-state index is -1.40. The molecule has 1 aliphatic heterocycles. The van der Waals surface area contributed by atoms with Crippen LogP contribution in [-0.2, 0) is 13.6 Å². The highest BCUT2D eigenvalue weighted by molar-refractivity contribution is 6.35. The second-order valence-corrected chi connectivity index (χ2v) is 7.66. The van der Waals surface area contributed by atoms with Crippen molar-refractivity contribution in [1.29, 1.82) is 0 Å². The number of hydrogen-bond donors (Lipinski definition) is 1. The van der Waals surface area contributed by atoms with E-state index in [0.29, 0.717) is 41.5 Å². The molecule has 1 aliphatic rings. The van der Waals surface area contributed by atoms with Crippen LogP contribution in [0.15, 0.2) is 30.6 Å². The first-order valence-corrected chi connectivity index (χ1v) is 9.22. The summed E-state index contributed by atoms with van der Waals surface area (Å²) in [6.07, 6.45) is 4.55. The fourth-order valence-electron chi connectivity index (χ4n) is 3.13. The van der Waals surface area contributed by atoms with Gasteiger partial charge in [-0.25, -0.2) is 4.39 Å². The highest BCUT2D eigenvalue weighted by Crippen LogP contribution is 2.27. The molecule has 5 nitrogen and oxygen atoms in total. The predicted octanol–water partition coefficient (Wildman–Crippen LogP) is 3.46. The number of likely N-dealkylation sites (tertiary alicyclic amines) is 1. The molecule has 3 rings (SSSR count). The molecule has 26 heavy (non-hydrogen) atoms. The van der Waals surface area contributed by atoms with Gasteiger partial charge in [-0.15, -0.1) is 0 Å². The molecule has 0 unspecified atom stereocenters. The summed E-state index contributed by atoms with van der Waals surface area (Å²) in [6.45, 7) is 2.03. The molecule has 0 saturated carbocycles. The number of piperidine rings is 1. The summed E-state index contributed by atoms with van der Waals surface area (Å²) in [5.41, 5.74) is 0.0498. The second-order valence-electron chi connectivity index (χ2n) is 6.79. The lowest BCUT2D eigenvalue weighted by Crippen LogP contribution is -2.48. The topological polar surface area (TPSA) is 50.2 Å². The maximum atomic E-state index is 15.0. The molecule has 1 amide bonds. The van der Waals surface area contributed by atoms with Gasteiger partial charge in [0.1, 0.15) is 5.67 Å². The average molecular weight is 399 g/mol. The Kier molecular flexibility index (Phi) is 5.85. The first kappa shape index (κ1) is 19.1. The minimum Gasteiger partial charge on any atom is -0.349 e. The SMILES string of the molecule is Cn1cc(CN2CCC(F)(CNC(=O)c3cc(Cl)cc(Cl)c3)CC2)cn1. The maximum Gasteiger partial charge on any atom is 0.251 e. The van der Waals surface area contributed by atoms with E-state index >= 15 is 4.39 Å². The Morgan fingerprint density at radius 2 is 1.92 bits per heavy atom. The van der Waals surface area contributed by atoms with Crippen molar-refractivity contribution in [3.63, 3.8) is 0 Å². The summed E-state index contributed by atoms with van der Waals surface area (Å²) in [6, 6.07) is 4.59. The zero-order chi connectivity index (χ0) is 18.7. The number of halogens is 3. The van der Waals surface area contributed by atoms with Crippen LogP contribution >= 0.6 is 23.2 Å².